The first-order chi connectivity index (χ1) is 20.0. The van der Waals surface area contributed by atoms with Gasteiger partial charge in [0.05, 0.1) is 17.9 Å². The molecule has 0 saturated carbocycles. The van der Waals surface area contributed by atoms with E-state index >= 15 is 0 Å². The van der Waals surface area contributed by atoms with E-state index in [1.807, 2.05) is 85.0 Å². The van der Waals surface area contributed by atoms with E-state index in [0.29, 0.717) is 45.6 Å². The van der Waals surface area contributed by atoms with E-state index in [1.165, 1.54) is 0 Å². The summed E-state index contributed by atoms with van der Waals surface area (Å²) in [6.07, 6.45) is 9.11. The van der Waals surface area contributed by atoms with Gasteiger partial charge in [-0.25, -0.2) is 0 Å². The van der Waals surface area contributed by atoms with Gasteiger partial charge >= 0.3 is 0 Å². The molecule has 5 atom stereocenters. The second-order valence-electron chi connectivity index (χ2n) is 11.4. The number of benzene rings is 2. The summed E-state index contributed by atoms with van der Waals surface area (Å²) in [4.78, 5) is 48.0. The van der Waals surface area contributed by atoms with Crippen LogP contribution >= 0.6 is 0 Å². The van der Waals surface area contributed by atoms with Crippen LogP contribution in [-0.2, 0) is 32.2 Å². The number of aliphatic hydroxyl groups is 1. The summed E-state index contributed by atoms with van der Waals surface area (Å²) >= 11 is 0. The van der Waals surface area contributed by atoms with Crippen molar-refractivity contribution in [2.24, 2.45) is 11.8 Å². The number of unbranched alkanes of at least 4 members (excludes halogenated alkanes) is 2. The number of hydrogen-bond acceptors (Lipinski definition) is 5. The fourth-order valence-corrected chi connectivity index (χ4v) is 6.94. The van der Waals surface area contributed by atoms with Crippen LogP contribution in [0.5, 0.6) is 0 Å². The third kappa shape index (κ3) is 5.00. The lowest BCUT2D eigenvalue weighted by Gasteiger charge is -2.35. The molecule has 0 aliphatic carbocycles. The molecule has 8 nitrogen and oxygen atoms in total. The van der Waals surface area contributed by atoms with Gasteiger partial charge in [0.25, 0.3) is 0 Å². The van der Waals surface area contributed by atoms with Gasteiger partial charge in [-0.05, 0) is 30.4 Å². The Kier molecular flexibility index (Phi) is 7.77. The van der Waals surface area contributed by atoms with Gasteiger partial charge in [-0.2, -0.15) is 0 Å². The lowest BCUT2D eigenvalue weighted by Crippen LogP contribution is -2.55. The first-order valence-electron chi connectivity index (χ1n) is 14.6. The van der Waals surface area contributed by atoms with E-state index in [0.717, 1.165) is 17.5 Å². The molecule has 1 spiro atoms. The Bertz CT molecular complexity index is 1330. The predicted molar refractivity (Wildman–Crippen MR) is 153 cm³/mol. The Balaban J connectivity index is 1.34. The minimum atomic E-state index is -1.22. The maximum absolute atomic E-state index is 14.3. The van der Waals surface area contributed by atoms with E-state index in [1.54, 1.807) is 14.7 Å². The van der Waals surface area contributed by atoms with Gasteiger partial charge in [-0.3, -0.25) is 14.4 Å². The summed E-state index contributed by atoms with van der Waals surface area (Å²) in [6, 6.07) is 18.8. The van der Waals surface area contributed by atoms with Crippen molar-refractivity contribution in [3.63, 3.8) is 0 Å². The van der Waals surface area contributed by atoms with Crippen LogP contribution in [0.15, 0.2) is 85.0 Å². The number of amides is 3. The molecular formula is C33H37N3O5. The lowest BCUT2D eigenvalue weighted by molar-refractivity contribution is -0.148. The van der Waals surface area contributed by atoms with E-state index in [2.05, 4.69) is 0 Å². The third-order valence-corrected chi connectivity index (χ3v) is 8.82. The minimum Gasteiger partial charge on any atom is -0.396 e. The summed E-state index contributed by atoms with van der Waals surface area (Å²) in [5.74, 6) is -1.99. The van der Waals surface area contributed by atoms with E-state index in [4.69, 9.17) is 4.74 Å². The first-order valence-corrected chi connectivity index (χ1v) is 14.6. The molecule has 2 saturated heterocycles. The highest BCUT2D eigenvalue weighted by Crippen LogP contribution is 2.53. The number of hydrogen-bond donors (Lipinski definition) is 1. The molecule has 6 rings (SSSR count). The molecule has 1 unspecified atom stereocenters. The standard InChI is InChI=1S/C33H37N3O5/c37-21-9-3-8-20-36-29-32(40)35(23-25-14-6-2-7-15-25)19-11-17-33(29)28(31(36)39)27-26(41-33)16-10-18-34(30(27)38)22-24-12-4-1-5-13-24/h1-2,4-7,10-17,26-29,37H,3,8-9,18-23H2/t26-,27+,28-,29?,33-/m0/s1. The van der Waals surface area contributed by atoms with Crippen LogP contribution in [0.2, 0.25) is 0 Å². The zero-order valence-electron chi connectivity index (χ0n) is 23.2. The number of ether oxygens (including phenoxy) is 1. The summed E-state index contributed by atoms with van der Waals surface area (Å²) in [5, 5.41) is 9.28. The van der Waals surface area contributed by atoms with Crippen molar-refractivity contribution in [2.75, 3.05) is 26.2 Å². The van der Waals surface area contributed by atoms with Crippen LogP contribution in [0.4, 0.5) is 0 Å². The van der Waals surface area contributed by atoms with Crippen LogP contribution in [0.25, 0.3) is 0 Å². The van der Waals surface area contributed by atoms with Gasteiger partial charge in [0.2, 0.25) is 17.7 Å². The molecule has 4 aliphatic rings. The number of aliphatic hydroxyl groups excluding tert-OH is 1. The van der Waals surface area contributed by atoms with Gasteiger partial charge in [0.1, 0.15) is 11.6 Å². The molecule has 0 radical (unpaired) electrons. The molecule has 4 aliphatic heterocycles. The fourth-order valence-electron chi connectivity index (χ4n) is 6.94. The number of fused-ring (bicyclic) bond motifs is 2. The van der Waals surface area contributed by atoms with Crippen LogP contribution in [0.3, 0.4) is 0 Å². The Morgan fingerprint density at radius 1 is 0.780 bits per heavy atom. The summed E-state index contributed by atoms with van der Waals surface area (Å²) in [5.41, 5.74) is 0.804. The molecular weight excluding hydrogens is 518 g/mol. The van der Waals surface area contributed by atoms with Crippen molar-refractivity contribution in [2.45, 2.75) is 50.1 Å². The van der Waals surface area contributed by atoms with Crippen molar-refractivity contribution in [1.82, 2.24) is 14.7 Å². The molecule has 2 fully saturated rings. The smallest absolute Gasteiger partial charge is 0.249 e. The molecule has 214 valence electrons. The summed E-state index contributed by atoms with van der Waals surface area (Å²) in [6.45, 7) is 2.15. The first kappa shape index (κ1) is 27.4. The molecule has 2 aromatic rings. The number of likely N-dealkylation sites (tertiary alicyclic amines) is 1. The van der Waals surface area contributed by atoms with Crippen LogP contribution in [-0.4, -0.2) is 81.5 Å². The zero-order chi connectivity index (χ0) is 28.4. The minimum absolute atomic E-state index is 0.0847. The molecule has 2 aromatic carbocycles. The molecule has 4 heterocycles. The average molecular weight is 556 g/mol. The molecule has 3 amide bonds. The van der Waals surface area contributed by atoms with Gasteiger partial charge < -0.3 is 24.5 Å². The summed E-state index contributed by atoms with van der Waals surface area (Å²) in [7, 11) is 0. The lowest BCUT2D eigenvalue weighted by atomic mass is 9.77. The second kappa shape index (κ2) is 11.6. The molecule has 0 aromatic heterocycles. The number of nitrogens with zero attached hydrogens (tertiary/aromatic N) is 3. The van der Waals surface area contributed by atoms with Crippen molar-refractivity contribution in [3.05, 3.63) is 96.1 Å². The highest BCUT2D eigenvalue weighted by Gasteiger charge is 2.71. The van der Waals surface area contributed by atoms with Gasteiger partial charge in [-0.1, -0.05) is 85.0 Å². The third-order valence-electron chi connectivity index (χ3n) is 8.82. The molecule has 0 bridgehead atoms. The van der Waals surface area contributed by atoms with Gasteiger partial charge in [0, 0.05) is 39.3 Å². The number of rotatable bonds is 9. The molecule has 1 N–H and O–H groups in total. The Labute approximate surface area is 240 Å². The van der Waals surface area contributed by atoms with Crippen LogP contribution in [0.1, 0.15) is 30.4 Å². The quantitative estimate of drug-likeness (QED) is 0.380. The largest absolute Gasteiger partial charge is 0.396 e. The maximum Gasteiger partial charge on any atom is 0.249 e. The molecule has 41 heavy (non-hydrogen) atoms. The number of carbonyl (C=O) groups excluding carboxylic acids is 3. The maximum atomic E-state index is 14.3. The Morgan fingerprint density at radius 2 is 1.41 bits per heavy atom. The van der Waals surface area contributed by atoms with Gasteiger partial charge in [-0.15, -0.1) is 0 Å². The predicted octanol–water partition coefficient (Wildman–Crippen LogP) is 2.93. The zero-order valence-corrected chi connectivity index (χ0v) is 23.2. The van der Waals surface area contributed by atoms with Crippen molar-refractivity contribution in [3.8, 4) is 0 Å². The average Bonchev–Trinajstić information content (AvgIpc) is 3.31. The highest BCUT2D eigenvalue weighted by molar-refractivity contribution is 5.99. The fraction of sp³-hybridized carbons (Fsp3) is 0.424. The Hall–Kier alpha value is -3.75. The van der Waals surface area contributed by atoms with Crippen molar-refractivity contribution in [1.29, 1.82) is 0 Å². The van der Waals surface area contributed by atoms with Crippen molar-refractivity contribution < 1.29 is 24.2 Å². The Morgan fingerprint density at radius 3 is 2.07 bits per heavy atom. The highest BCUT2D eigenvalue weighted by atomic mass is 16.5. The van der Waals surface area contributed by atoms with E-state index in [9.17, 15) is 19.5 Å². The topological polar surface area (TPSA) is 90.4 Å². The van der Waals surface area contributed by atoms with Gasteiger partial charge in [0.15, 0.2) is 0 Å². The monoisotopic (exact) mass is 555 g/mol. The normalized spacial score (nSPS) is 28.9. The van der Waals surface area contributed by atoms with E-state index in [-0.39, 0.29) is 24.3 Å². The van der Waals surface area contributed by atoms with Crippen LogP contribution < -0.4 is 0 Å². The van der Waals surface area contributed by atoms with Crippen LogP contribution in [0, 0.1) is 11.8 Å². The van der Waals surface area contributed by atoms with E-state index < -0.39 is 29.6 Å². The second-order valence-corrected chi connectivity index (χ2v) is 11.4. The SMILES string of the molecule is O=C1C2N(CCCCCO)C(=O)[C@@H]3[C@@H]4C(=O)N(Cc5ccccc5)CC=C[C@@H]4O[C@]23C=CCN1Cc1ccccc1. The molecule has 8 heteroatoms. The number of carbonyl (C=O) groups is 3. The summed E-state index contributed by atoms with van der Waals surface area (Å²) < 4.78 is 6.74. The van der Waals surface area contributed by atoms with Crippen molar-refractivity contribution >= 4 is 17.7 Å².